The van der Waals surface area contributed by atoms with Gasteiger partial charge in [0.05, 0.1) is 15.5 Å². The molecular formula is C20H29ClN4O4S. The van der Waals surface area contributed by atoms with Gasteiger partial charge in [0.15, 0.2) is 0 Å². The van der Waals surface area contributed by atoms with Crippen LogP contribution in [0.1, 0.15) is 42.5 Å². The average molecular weight is 457 g/mol. The average Bonchev–Trinajstić information content (AvgIpc) is 3.37. The van der Waals surface area contributed by atoms with Crippen molar-refractivity contribution >= 4 is 33.4 Å². The number of carbonyl (C=O) groups excluding carboxylic acids is 2. The number of halogens is 1. The van der Waals surface area contributed by atoms with Crippen LogP contribution in [0, 0.1) is 0 Å². The fourth-order valence-corrected chi connectivity index (χ4v) is 5.08. The van der Waals surface area contributed by atoms with Gasteiger partial charge >= 0.3 is 0 Å². The highest BCUT2D eigenvalue weighted by Crippen LogP contribution is 2.20. The summed E-state index contributed by atoms with van der Waals surface area (Å²) in [6.07, 6.45) is 4.32. The first-order valence-electron chi connectivity index (χ1n) is 10.4. The van der Waals surface area contributed by atoms with Crippen LogP contribution in [-0.4, -0.2) is 75.8 Å². The molecule has 10 heteroatoms. The summed E-state index contributed by atoms with van der Waals surface area (Å²) in [5.41, 5.74) is 0.142. The van der Waals surface area contributed by atoms with E-state index < -0.39 is 10.0 Å². The molecule has 30 heavy (non-hydrogen) atoms. The zero-order chi connectivity index (χ0) is 21.6. The van der Waals surface area contributed by atoms with E-state index in [1.54, 1.807) is 4.90 Å². The van der Waals surface area contributed by atoms with E-state index in [4.69, 9.17) is 11.6 Å². The molecule has 1 aromatic rings. The zero-order valence-corrected chi connectivity index (χ0v) is 18.6. The van der Waals surface area contributed by atoms with E-state index in [1.807, 2.05) is 0 Å². The van der Waals surface area contributed by atoms with Crippen LogP contribution >= 0.6 is 11.6 Å². The fraction of sp³-hybridized carbons (Fsp3) is 0.600. The minimum Gasteiger partial charge on any atom is -0.351 e. The number of hydrogen-bond acceptors (Lipinski definition) is 5. The first-order valence-corrected chi connectivity index (χ1v) is 12.3. The van der Waals surface area contributed by atoms with Crippen LogP contribution in [0.4, 0.5) is 0 Å². The minimum atomic E-state index is -3.78. The highest BCUT2D eigenvalue weighted by atomic mass is 35.5. The van der Waals surface area contributed by atoms with Gasteiger partial charge in [0.1, 0.15) is 0 Å². The number of sulfonamides is 1. The molecular weight excluding hydrogens is 428 g/mol. The Kier molecular flexibility index (Phi) is 8.10. The summed E-state index contributed by atoms with van der Waals surface area (Å²) in [6, 6.07) is 4.12. The van der Waals surface area contributed by atoms with E-state index in [-0.39, 0.29) is 33.8 Å². The fourth-order valence-electron chi connectivity index (χ4n) is 3.77. The van der Waals surface area contributed by atoms with E-state index in [2.05, 4.69) is 14.9 Å². The van der Waals surface area contributed by atoms with Crippen LogP contribution in [0.5, 0.6) is 0 Å². The lowest BCUT2D eigenvalue weighted by atomic mass is 10.2. The van der Waals surface area contributed by atoms with E-state index in [0.717, 1.165) is 32.6 Å². The van der Waals surface area contributed by atoms with Crippen molar-refractivity contribution in [3.8, 4) is 0 Å². The number of carbonyl (C=O) groups is 2. The second kappa shape index (κ2) is 10.6. The Balaban J connectivity index is 1.52. The van der Waals surface area contributed by atoms with Gasteiger partial charge in [0.2, 0.25) is 15.9 Å². The Morgan fingerprint density at radius 1 is 1.07 bits per heavy atom. The summed E-state index contributed by atoms with van der Waals surface area (Å²) < 4.78 is 27.7. The molecule has 0 aromatic heterocycles. The van der Waals surface area contributed by atoms with E-state index in [0.29, 0.717) is 25.9 Å². The van der Waals surface area contributed by atoms with Crippen LogP contribution < -0.4 is 10.0 Å². The first kappa shape index (κ1) is 23.0. The van der Waals surface area contributed by atoms with Gasteiger partial charge in [-0.3, -0.25) is 9.59 Å². The highest BCUT2D eigenvalue weighted by Gasteiger charge is 2.21. The monoisotopic (exact) mass is 456 g/mol. The Hall–Kier alpha value is -1.68. The predicted molar refractivity (Wildman–Crippen MR) is 115 cm³/mol. The highest BCUT2D eigenvalue weighted by molar-refractivity contribution is 7.89. The van der Waals surface area contributed by atoms with Crippen molar-refractivity contribution in [3.05, 3.63) is 28.8 Å². The molecule has 0 unspecified atom stereocenters. The lowest BCUT2D eigenvalue weighted by Gasteiger charge is -2.16. The Bertz CT molecular complexity index is 872. The van der Waals surface area contributed by atoms with Crippen molar-refractivity contribution in [1.29, 1.82) is 0 Å². The molecule has 2 saturated heterocycles. The van der Waals surface area contributed by atoms with Crippen LogP contribution in [-0.2, 0) is 14.8 Å². The Morgan fingerprint density at radius 2 is 1.83 bits per heavy atom. The second-order valence-corrected chi connectivity index (χ2v) is 9.86. The molecule has 2 aliphatic rings. The predicted octanol–water partition coefficient (Wildman–Crippen LogP) is 1.46. The largest absolute Gasteiger partial charge is 0.351 e. The van der Waals surface area contributed by atoms with Gasteiger partial charge in [-0.15, -0.1) is 0 Å². The topological polar surface area (TPSA) is 98.8 Å². The number of rotatable bonds is 10. The number of hydrogen-bond donors (Lipinski definition) is 2. The maximum atomic E-state index is 12.6. The van der Waals surface area contributed by atoms with Gasteiger partial charge in [-0.05, 0) is 57.0 Å². The van der Waals surface area contributed by atoms with Crippen molar-refractivity contribution in [2.24, 2.45) is 0 Å². The molecule has 0 atom stereocenters. The van der Waals surface area contributed by atoms with Crippen LogP contribution in [0.3, 0.4) is 0 Å². The smallest absolute Gasteiger partial charge is 0.252 e. The molecule has 0 radical (unpaired) electrons. The summed E-state index contributed by atoms with van der Waals surface area (Å²) in [7, 11) is -3.78. The quantitative estimate of drug-likeness (QED) is 0.519. The second-order valence-electron chi connectivity index (χ2n) is 7.68. The number of nitrogens with zero attached hydrogens (tertiary/aromatic N) is 2. The summed E-state index contributed by atoms with van der Waals surface area (Å²) in [6.45, 7) is 4.82. The van der Waals surface area contributed by atoms with E-state index >= 15 is 0 Å². The lowest BCUT2D eigenvalue weighted by Crippen LogP contribution is -2.34. The van der Waals surface area contributed by atoms with Crippen LogP contribution in [0.15, 0.2) is 23.1 Å². The normalized spacial score (nSPS) is 17.6. The van der Waals surface area contributed by atoms with Crippen molar-refractivity contribution in [2.75, 3.05) is 45.8 Å². The third kappa shape index (κ3) is 6.16. The van der Waals surface area contributed by atoms with E-state index in [1.165, 1.54) is 31.0 Å². The third-order valence-electron chi connectivity index (χ3n) is 5.47. The van der Waals surface area contributed by atoms with Crippen molar-refractivity contribution in [2.45, 2.75) is 37.0 Å². The number of likely N-dealkylation sites (tertiary alicyclic amines) is 2. The summed E-state index contributed by atoms with van der Waals surface area (Å²) >= 11 is 6.14. The third-order valence-corrected chi connectivity index (χ3v) is 7.26. The first-order chi connectivity index (χ1) is 14.4. The molecule has 2 aliphatic heterocycles. The van der Waals surface area contributed by atoms with Gasteiger partial charge in [-0.1, -0.05) is 11.6 Å². The Morgan fingerprint density at radius 3 is 2.53 bits per heavy atom. The zero-order valence-electron chi connectivity index (χ0n) is 17.0. The SMILES string of the molecule is O=C(NCCN1CCCC1)c1cc(S(=O)(=O)NCCCN2CCCC2=O)ccc1Cl. The summed E-state index contributed by atoms with van der Waals surface area (Å²) in [5, 5.41) is 3.02. The molecule has 0 bridgehead atoms. The molecule has 2 fully saturated rings. The molecule has 0 spiro atoms. The van der Waals surface area contributed by atoms with Gasteiger partial charge in [-0.25, -0.2) is 13.1 Å². The lowest BCUT2D eigenvalue weighted by molar-refractivity contribution is -0.127. The molecule has 2 N–H and O–H groups in total. The molecule has 166 valence electrons. The van der Waals surface area contributed by atoms with Crippen molar-refractivity contribution < 1.29 is 18.0 Å². The van der Waals surface area contributed by atoms with Crippen LogP contribution in [0.25, 0.3) is 0 Å². The molecule has 0 aliphatic carbocycles. The summed E-state index contributed by atoms with van der Waals surface area (Å²) in [4.78, 5) is 28.1. The van der Waals surface area contributed by atoms with Crippen LogP contribution in [0.2, 0.25) is 5.02 Å². The molecule has 3 rings (SSSR count). The number of amides is 2. The molecule has 2 amide bonds. The Labute approximate surface area is 183 Å². The van der Waals surface area contributed by atoms with Crippen molar-refractivity contribution in [3.63, 3.8) is 0 Å². The van der Waals surface area contributed by atoms with Gasteiger partial charge in [0, 0.05) is 39.1 Å². The van der Waals surface area contributed by atoms with Gasteiger partial charge in [-0.2, -0.15) is 0 Å². The van der Waals surface area contributed by atoms with Gasteiger partial charge in [0.25, 0.3) is 5.91 Å². The maximum absolute atomic E-state index is 12.6. The number of nitrogens with one attached hydrogen (secondary N) is 2. The standard InChI is InChI=1S/C20H29ClN4O4S/c21-18-7-6-16(15-17(18)20(27)22-9-14-24-10-1-2-11-24)30(28,29)23-8-4-13-25-12-3-5-19(25)26/h6-7,15,23H,1-5,8-14H2,(H,22,27). The molecule has 0 saturated carbocycles. The van der Waals surface area contributed by atoms with E-state index in [9.17, 15) is 18.0 Å². The van der Waals surface area contributed by atoms with Gasteiger partial charge < -0.3 is 15.1 Å². The minimum absolute atomic E-state index is 0.00570. The number of benzene rings is 1. The molecule has 2 heterocycles. The molecule has 1 aromatic carbocycles. The maximum Gasteiger partial charge on any atom is 0.252 e. The summed E-state index contributed by atoms with van der Waals surface area (Å²) in [5.74, 6) is -0.264. The van der Waals surface area contributed by atoms with Crippen molar-refractivity contribution in [1.82, 2.24) is 19.8 Å². The molecule has 8 nitrogen and oxygen atoms in total.